The molecule has 86 valence electrons. The van der Waals surface area contributed by atoms with E-state index >= 15 is 0 Å². The molecule has 2 rings (SSSR count). The summed E-state index contributed by atoms with van der Waals surface area (Å²) in [4.78, 5) is 21.5. The minimum absolute atomic E-state index is 0.0776. The molecule has 0 atom stereocenters. The van der Waals surface area contributed by atoms with Crippen molar-refractivity contribution >= 4 is 11.6 Å². The number of nitrogens with two attached hydrogens (primary N) is 1. The highest BCUT2D eigenvalue weighted by Gasteiger charge is 2.17. The first-order valence-corrected chi connectivity index (χ1v) is 4.82. The fraction of sp³-hybridized carbons (Fsp3) is 0. The highest BCUT2D eigenvalue weighted by Crippen LogP contribution is 2.23. The maximum Gasteiger partial charge on any atom is 0.293 e. The fourth-order valence-corrected chi connectivity index (χ4v) is 1.61. The maximum absolute atomic E-state index is 11.2. The molecule has 17 heavy (non-hydrogen) atoms. The molecule has 1 heterocycles. The fourth-order valence-electron chi connectivity index (χ4n) is 1.61. The van der Waals surface area contributed by atoms with Crippen LogP contribution in [0.15, 0.2) is 42.6 Å². The van der Waals surface area contributed by atoms with Crippen LogP contribution >= 0.6 is 0 Å². The minimum Gasteiger partial charge on any atom is -0.364 e. The normalized spacial score (nSPS) is 10.1. The van der Waals surface area contributed by atoms with Crippen molar-refractivity contribution < 1.29 is 9.72 Å². The second kappa shape index (κ2) is 4.09. The molecular weight excluding hydrogens is 222 g/mol. The Hall–Kier alpha value is -2.63. The first kappa shape index (κ1) is 10.9. The van der Waals surface area contributed by atoms with Gasteiger partial charge in [-0.25, -0.2) is 0 Å². The topological polar surface area (TPSA) is 91.2 Å². The first-order valence-electron chi connectivity index (χ1n) is 4.82. The molecule has 0 bridgehead atoms. The first-order chi connectivity index (χ1) is 8.11. The van der Waals surface area contributed by atoms with Gasteiger partial charge in [-0.05, 0) is 18.2 Å². The number of nitrogens with zero attached hydrogens (tertiary/aromatic N) is 2. The van der Waals surface area contributed by atoms with Gasteiger partial charge in [-0.2, -0.15) is 0 Å². The number of para-hydroxylation sites is 2. The molecule has 2 N–H and O–H groups in total. The molecule has 0 aliphatic heterocycles. The Balaban J connectivity index is 2.64. The molecule has 0 saturated heterocycles. The second-order valence-electron chi connectivity index (χ2n) is 3.37. The Morgan fingerprint density at radius 3 is 2.59 bits per heavy atom. The van der Waals surface area contributed by atoms with Crippen molar-refractivity contribution in [3.05, 3.63) is 58.4 Å². The third-order valence-corrected chi connectivity index (χ3v) is 2.34. The molecule has 0 aliphatic carbocycles. The van der Waals surface area contributed by atoms with Crippen LogP contribution in [-0.4, -0.2) is 15.4 Å². The quantitative estimate of drug-likeness (QED) is 0.640. The van der Waals surface area contributed by atoms with E-state index in [0.29, 0.717) is 5.69 Å². The van der Waals surface area contributed by atoms with E-state index in [1.807, 2.05) is 0 Å². The zero-order chi connectivity index (χ0) is 12.4. The molecular formula is C11H9N3O3. The number of benzene rings is 1. The number of carbonyl (C=O) groups excluding carboxylic acids is 1. The van der Waals surface area contributed by atoms with Gasteiger partial charge in [0.05, 0.1) is 4.92 Å². The molecule has 2 aromatic rings. The molecule has 0 fully saturated rings. The molecule has 6 heteroatoms. The predicted octanol–water partition coefficient (Wildman–Crippen LogP) is 1.48. The Labute approximate surface area is 96.4 Å². The van der Waals surface area contributed by atoms with Crippen molar-refractivity contribution in [2.24, 2.45) is 5.73 Å². The molecule has 6 nitrogen and oxygen atoms in total. The lowest BCUT2D eigenvalue weighted by atomic mass is 10.2. The van der Waals surface area contributed by atoms with Crippen LogP contribution in [0.1, 0.15) is 10.5 Å². The Bertz CT molecular complexity index is 589. The summed E-state index contributed by atoms with van der Waals surface area (Å²) in [7, 11) is 0. The lowest BCUT2D eigenvalue weighted by molar-refractivity contribution is -0.384. The molecule has 0 spiro atoms. The van der Waals surface area contributed by atoms with Crippen molar-refractivity contribution in [1.82, 2.24) is 4.57 Å². The third kappa shape index (κ3) is 1.87. The maximum atomic E-state index is 11.2. The van der Waals surface area contributed by atoms with Crippen LogP contribution in [0.2, 0.25) is 0 Å². The van der Waals surface area contributed by atoms with Gasteiger partial charge in [0, 0.05) is 12.3 Å². The lowest BCUT2D eigenvalue weighted by Crippen LogP contribution is -2.16. The summed E-state index contributed by atoms with van der Waals surface area (Å²) in [6.45, 7) is 0. The second-order valence-corrected chi connectivity index (χ2v) is 3.37. The zero-order valence-corrected chi connectivity index (χ0v) is 8.74. The molecule has 1 amide bonds. The van der Waals surface area contributed by atoms with Crippen molar-refractivity contribution in [2.75, 3.05) is 0 Å². The molecule has 0 radical (unpaired) electrons. The van der Waals surface area contributed by atoms with Gasteiger partial charge >= 0.3 is 0 Å². The van der Waals surface area contributed by atoms with Gasteiger partial charge in [0.15, 0.2) is 0 Å². The van der Waals surface area contributed by atoms with Crippen molar-refractivity contribution in [2.45, 2.75) is 0 Å². The summed E-state index contributed by atoms with van der Waals surface area (Å²) >= 11 is 0. The number of aromatic nitrogens is 1. The molecule has 0 unspecified atom stereocenters. The van der Waals surface area contributed by atoms with Gasteiger partial charge in [-0.15, -0.1) is 0 Å². The van der Waals surface area contributed by atoms with Gasteiger partial charge in [0.2, 0.25) is 0 Å². The average molecular weight is 231 g/mol. The lowest BCUT2D eigenvalue weighted by Gasteiger charge is -2.06. The molecule has 0 saturated carbocycles. The van der Waals surface area contributed by atoms with Crippen LogP contribution in [0.3, 0.4) is 0 Å². The molecule has 1 aromatic heterocycles. The summed E-state index contributed by atoms with van der Waals surface area (Å²) < 4.78 is 1.40. The van der Waals surface area contributed by atoms with Crippen molar-refractivity contribution in [3.8, 4) is 5.69 Å². The van der Waals surface area contributed by atoms with E-state index in [9.17, 15) is 14.9 Å². The smallest absolute Gasteiger partial charge is 0.293 e. The number of carbonyl (C=O) groups is 1. The summed E-state index contributed by atoms with van der Waals surface area (Å²) in [6, 6.07) is 9.28. The summed E-state index contributed by atoms with van der Waals surface area (Å²) in [5, 5.41) is 10.9. The number of primary amides is 1. The number of rotatable bonds is 3. The van der Waals surface area contributed by atoms with Gasteiger partial charge in [-0.3, -0.25) is 14.9 Å². The van der Waals surface area contributed by atoms with Crippen LogP contribution in [0.25, 0.3) is 5.69 Å². The number of nitro benzene ring substituents is 1. The van der Waals surface area contributed by atoms with Crippen molar-refractivity contribution in [3.63, 3.8) is 0 Å². The van der Waals surface area contributed by atoms with E-state index in [4.69, 9.17) is 5.73 Å². The van der Waals surface area contributed by atoms with Crippen LogP contribution in [0.4, 0.5) is 5.69 Å². The van der Waals surface area contributed by atoms with E-state index in [1.54, 1.807) is 30.5 Å². The molecule has 1 aromatic carbocycles. The van der Waals surface area contributed by atoms with Crippen molar-refractivity contribution in [1.29, 1.82) is 0 Å². The highest BCUT2D eigenvalue weighted by molar-refractivity contribution is 5.92. The van der Waals surface area contributed by atoms with Crippen LogP contribution in [0.5, 0.6) is 0 Å². The zero-order valence-electron chi connectivity index (χ0n) is 8.74. The van der Waals surface area contributed by atoms with Crippen LogP contribution in [-0.2, 0) is 0 Å². The largest absolute Gasteiger partial charge is 0.364 e. The van der Waals surface area contributed by atoms with Gasteiger partial charge < -0.3 is 10.3 Å². The number of nitro groups is 1. The Morgan fingerprint density at radius 2 is 1.94 bits per heavy atom. The SMILES string of the molecule is NC(=O)c1cccn1-c1ccccc1[N+](=O)[O-]. The van der Waals surface area contributed by atoms with Crippen LogP contribution < -0.4 is 5.73 Å². The van der Waals surface area contributed by atoms with Gasteiger partial charge in [0.1, 0.15) is 11.4 Å². The average Bonchev–Trinajstić information content (AvgIpc) is 2.77. The van der Waals surface area contributed by atoms with E-state index in [-0.39, 0.29) is 11.4 Å². The Morgan fingerprint density at radius 1 is 1.24 bits per heavy atom. The van der Waals surface area contributed by atoms with Crippen LogP contribution in [0, 0.1) is 10.1 Å². The number of amides is 1. The summed E-state index contributed by atoms with van der Waals surface area (Å²) in [5.74, 6) is -0.631. The standard InChI is InChI=1S/C11H9N3O3/c12-11(15)10-6-3-7-13(10)8-4-1-2-5-9(8)14(16)17/h1-7H,(H2,12,15). The Kier molecular flexibility index (Phi) is 2.61. The van der Waals surface area contributed by atoms with E-state index < -0.39 is 10.8 Å². The van der Waals surface area contributed by atoms with E-state index in [2.05, 4.69) is 0 Å². The number of hydrogen-bond donors (Lipinski definition) is 1. The molecule has 0 aliphatic rings. The van der Waals surface area contributed by atoms with Gasteiger partial charge in [0.25, 0.3) is 11.6 Å². The minimum atomic E-state index is -0.631. The summed E-state index contributed by atoms with van der Waals surface area (Å²) in [5.41, 5.74) is 5.64. The van der Waals surface area contributed by atoms with E-state index in [0.717, 1.165) is 0 Å². The number of hydrogen-bond acceptors (Lipinski definition) is 3. The van der Waals surface area contributed by atoms with E-state index in [1.165, 1.54) is 16.7 Å². The third-order valence-electron chi connectivity index (χ3n) is 2.34. The predicted molar refractivity (Wildman–Crippen MR) is 60.9 cm³/mol. The van der Waals surface area contributed by atoms with Gasteiger partial charge in [-0.1, -0.05) is 12.1 Å². The monoisotopic (exact) mass is 231 g/mol. The summed E-state index contributed by atoms with van der Waals surface area (Å²) in [6.07, 6.45) is 1.56. The highest BCUT2D eigenvalue weighted by atomic mass is 16.6.